The Morgan fingerprint density at radius 1 is 0.538 bits per heavy atom. The zero-order valence-electron chi connectivity index (χ0n) is 48.1. The third-order valence-electron chi connectivity index (χ3n) is 20.1. The molecule has 3 nitrogen and oxygen atoms in total. The molecular formula is C73H72BN3S. The van der Waals surface area contributed by atoms with Crippen molar-refractivity contribution in [3.05, 3.63) is 185 Å². The Kier molecular flexibility index (Phi) is 9.74. The molecule has 15 rings (SSSR count). The van der Waals surface area contributed by atoms with Crippen molar-refractivity contribution in [2.24, 2.45) is 0 Å². The van der Waals surface area contributed by atoms with Gasteiger partial charge in [-0.2, -0.15) is 0 Å². The normalized spacial score (nSPS) is 19.6. The van der Waals surface area contributed by atoms with Gasteiger partial charge in [0.05, 0.1) is 21.6 Å². The minimum Gasteiger partial charge on any atom is -0.335 e. The number of anilines is 5. The van der Waals surface area contributed by atoms with Gasteiger partial charge in [0, 0.05) is 71.2 Å². The fourth-order valence-electron chi connectivity index (χ4n) is 15.7. The fourth-order valence-corrected chi connectivity index (χ4v) is 16.9. The first-order chi connectivity index (χ1) is 37.1. The minimum absolute atomic E-state index is 0.0285. The van der Waals surface area contributed by atoms with Gasteiger partial charge in [0.15, 0.2) is 0 Å². The van der Waals surface area contributed by atoms with E-state index < -0.39 is 0 Å². The van der Waals surface area contributed by atoms with Crippen molar-refractivity contribution >= 4 is 94.0 Å². The molecule has 0 spiro atoms. The first-order valence-electron chi connectivity index (χ1n) is 29.0. The van der Waals surface area contributed by atoms with E-state index in [4.69, 9.17) is 0 Å². The van der Waals surface area contributed by atoms with Crippen LogP contribution in [0.15, 0.2) is 152 Å². The number of nitrogens with zero attached hydrogens (tertiary/aromatic N) is 3. The van der Waals surface area contributed by atoms with Crippen molar-refractivity contribution in [2.45, 2.75) is 148 Å². The standard InChI is InChI=1S/C73H72BN3S/c1-68(2,3)45-31-27-43(28-32-45)44-29-33-48(34-30-44)75(58-25-20-23-51-50-21-15-17-26-61(50)78-66(51)58)49-41-59-63-60(42-49)77-65-55(72(12)35-18-19-36-73(72,77)13)38-47(70(7,8)9)40-57(65)74(63)56-39-46(69(4,5)6)37-53-62-52-22-14-16-24-54(52)71(10,11)67(62)76(59)64(53)56/h14-17,20-34,37-42H,18-19,35-36H2,1-13H3. The molecule has 5 aliphatic rings. The predicted octanol–water partition coefficient (Wildman–Crippen LogP) is 18.2. The van der Waals surface area contributed by atoms with Gasteiger partial charge in [-0.05, 0) is 139 Å². The number of thiophene rings is 1. The van der Waals surface area contributed by atoms with Crippen molar-refractivity contribution in [2.75, 3.05) is 9.80 Å². The third-order valence-corrected chi connectivity index (χ3v) is 21.3. The second-order valence-electron chi connectivity index (χ2n) is 28.1. The molecule has 1 fully saturated rings. The number of benzene rings is 8. The summed E-state index contributed by atoms with van der Waals surface area (Å²) in [5, 5.41) is 4.01. The first-order valence-corrected chi connectivity index (χ1v) is 29.8. The van der Waals surface area contributed by atoms with Crippen LogP contribution in [0.1, 0.15) is 149 Å². The molecule has 0 N–H and O–H groups in total. The molecule has 0 radical (unpaired) electrons. The molecule has 0 amide bonds. The SMILES string of the molecule is CC(C)(C)c1ccc(-c2ccc(N(c3cc4c5c(c3)-n3c6c(c7cc(C(C)(C)C)cc(c73)B5c3cc(C(C)(C)C)cc5c3N4C3(C)CCCCC53C)-c3ccccc3C6(C)C)c3cccc4c3sc3ccccc34)cc2)cc1. The quantitative estimate of drug-likeness (QED) is 0.163. The van der Waals surface area contributed by atoms with Gasteiger partial charge in [0.25, 0.3) is 6.71 Å². The van der Waals surface area contributed by atoms with Crippen LogP contribution in [0, 0.1) is 0 Å². The van der Waals surface area contributed by atoms with E-state index in [1.54, 1.807) is 5.56 Å². The lowest BCUT2D eigenvalue weighted by Gasteiger charge is -2.52. The number of hydrogen-bond donors (Lipinski definition) is 0. The second-order valence-corrected chi connectivity index (χ2v) is 29.1. The van der Waals surface area contributed by atoms with Gasteiger partial charge >= 0.3 is 0 Å². The van der Waals surface area contributed by atoms with Crippen molar-refractivity contribution in [1.29, 1.82) is 0 Å². The molecule has 2 aromatic heterocycles. The summed E-state index contributed by atoms with van der Waals surface area (Å²) in [6.45, 7) is 31.7. The molecule has 2 unspecified atom stereocenters. The molecule has 5 heteroatoms. The highest BCUT2D eigenvalue weighted by molar-refractivity contribution is 7.26. The summed E-state index contributed by atoms with van der Waals surface area (Å²) < 4.78 is 5.43. The Morgan fingerprint density at radius 2 is 1.17 bits per heavy atom. The summed E-state index contributed by atoms with van der Waals surface area (Å²) in [5.74, 6) is 0. The van der Waals surface area contributed by atoms with E-state index in [1.165, 1.54) is 145 Å². The molecule has 8 aromatic carbocycles. The Labute approximate surface area is 467 Å². The highest BCUT2D eigenvalue weighted by Crippen LogP contribution is 2.63. The van der Waals surface area contributed by atoms with Gasteiger partial charge in [-0.3, -0.25) is 0 Å². The minimum atomic E-state index is -0.260. The van der Waals surface area contributed by atoms with Gasteiger partial charge in [0.2, 0.25) is 0 Å². The lowest BCUT2D eigenvalue weighted by atomic mass is 9.33. The van der Waals surface area contributed by atoms with E-state index in [2.05, 4.69) is 256 Å². The summed E-state index contributed by atoms with van der Waals surface area (Å²) in [5.41, 5.74) is 26.9. The van der Waals surface area contributed by atoms with Crippen LogP contribution >= 0.6 is 11.3 Å². The summed E-state index contributed by atoms with van der Waals surface area (Å²) in [7, 11) is 0. The van der Waals surface area contributed by atoms with Crippen molar-refractivity contribution in [3.63, 3.8) is 0 Å². The number of aromatic nitrogens is 1. The molecule has 78 heavy (non-hydrogen) atoms. The van der Waals surface area contributed by atoms with Crippen LogP contribution in [-0.2, 0) is 27.1 Å². The van der Waals surface area contributed by atoms with Gasteiger partial charge in [0.1, 0.15) is 0 Å². The van der Waals surface area contributed by atoms with E-state index in [0.717, 1.165) is 12.1 Å². The number of rotatable bonds is 4. The summed E-state index contributed by atoms with van der Waals surface area (Å²) in [4.78, 5) is 5.58. The smallest absolute Gasteiger partial charge is 0.252 e. The summed E-state index contributed by atoms with van der Waals surface area (Å²) >= 11 is 1.92. The maximum Gasteiger partial charge on any atom is 0.252 e. The largest absolute Gasteiger partial charge is 0.335 e. The molecule has 10 aromatic rings. The Morgan fingerprint density at radius 3 is 1.90 bits per heavy atom. The van der Waals surface area contributed by atoms with Crippen LogP contribution in [0.2, 0.25) is 0 Å². The Balaban J connectivity index is 1.08. The summed E-state index contributed by atoms with van der Waals surface area (Å²) in [6, 6.07) is 59.9. The molecule has 0 bridgehead atoms. The molecular weight excluding hydrogens is 962 g/mol. The van der Waals surface area contributed by atoms with E-state index >= 15 is 0 Å². The van der Waals surface area contributed by atoms with Crippen molar-refractivity contribution in [1.82, 2.24) is 4.57 Å². The molecule has 3 aliphatic heterocycles. The highest BCUT2D eigenvalue weighted by atomic mass is 32.1. The lowest BCUT2D eigenvalue weighted by molar-refractivity contribution is 0.195. The molecule has 2 aliphatic carbocycles. The first kappa shape index (κ1) is 48.3. The molecule has 0 saturated heterocycles. The van der Waals surface area contributed by atoms with E-state index in [9.17, 15) is 0 Å². The van der Waals surface area contributed by atoms with Crippen LogP contribution < -0.4 is 26.2 Å². The number of fused-ring (bicyclic) bond motifs is 15. The molecule has 5 heterocycles. The van der Waals surface area contributed by atoms with E-state index in [0.29, 0.717) is 0 Å². The van der Waals surface area contributed by atoms with E-state index in [1.807, 2.05) is 11.3 Å². The molecule has 388 valence electrons. The third kappa shape index (κ3) is 6.34. The number of hydrogen-bond acceptors (Lipinski definition) is 3. The van der Waals surface area contributed by atoms with E-state index in [-0.39, 0.29) is 39.3 Å². The molecule has 2 atom stereocenters. The van der Waals surface area contributed by atoms with Crippen LogP contribution in [0.5, 0.6) is 0 Å². The molecule has 1 saturated carbocycles. The summed E-state index contributed by atoms with van der Waals surface area (Å²) in [6.07, 6.45) is 4.80. The maximum absolute atomic E-state index is 2.95. The Hall–Kier alpha value is -6.82. The van der Waals surface area contributed by atoms with Gasteiger partial charge in [-0.25, -0.2) is 0 Å². The van der Waals surface area contributed by atoms with Crippen molar-refractivity contribution < 1.29 is 0 Å². The maximum atomic E-state index is 2.95. The highest BCUT2D eigenvalue weighted by Gasteiger charge is 2.62. The zero-order valence-corrected chi connectivity index (χ0v) is 48.9. The topological polar surface area (TPSA) is 11.4 Å². The van der Waals surface area contributed by atoms with Gasteiger partial charge < -0.3 is 14.4 Å². The van der Waals surface area contributed by atoms with Crippen LogP contribution in [0.3, 0.4) is 0 Å². The average Bonchev–Trinajstić information content (AvgIpc) is 4.30. The van der Waals surface area contributed by atoms with Crippen LogP contribution in [-0.4, -0.2) is 16.8 Å². The van der Waals surface area contributed by atoms with Crippen molar-refractivity contribution in [3.8, 4) is 27.9 Å². The van der Waals surface area contributed by atoms with Crippen LogP contribution in [0.4, 0.5) is 28.4 Å². The fraction of sp³-hybridized carbons (Fsp3) is 0.315. The van der Waals surface area contributed by atoms with Gasteiger partial charge in [-0.1, -0.05) is 205 Å². The van der Waals surface area contributed by atoms with Crippen LogP contribution in [0.25, 0.3) is 59.0 Å². The second kappa shape index (κ2) is 15.7. The lowest BCUT2D eigenvalue weighted by Crippen LogP contribution is -2.64. The average molecular weight is 1030 g/mol. The monoisotopic (exact) mass is 1030 g/mol. The zero-order chi connectivity index (χ0) is 54.0. The van der Waals surface area contributed by atoms with Gasteiger partial charge in [-0.15, -0.1) is 11.3 Å². The Bertz CT molecular complexity index is 4220. The predicted molar refractivity (Wildman–Crippen MR) is 337 cm³/mol.